The second-order valence-electron chi connectivity index (χ2n) is 27.9. The number of amides is 13. The quantitative estimate of drug-likeness (QED) is 0.00999. The number of hydrogen-bond acceptors (Lipinski definition) is 22. The lowest BCUT2D eigenvalue weighted by molar-refractivity contribution is -0.164. The summed E-state index contributed by atoms with van der Waals surface area (Å²) >= 11 is 6.23. The van der Waals surface area contributed by atoms with Gasteiger partial charge in [-0.15, -0.1) is 0 Å². The number of rotatable bonds is 43. The SMILES string of the molecule is CC(=O)N[C@H](Cc1ccc2ccccc2c1)C(=O)N[C@H](Cc1ccc(Cl)cc1)C(=O)N[C@H](Cc1cccnc1)C(=O)N[C@@H](CO)C(=O)N[C@@H](Cc1ccc(O)cc1)C(=O)N[C@H](CCCNC(N)=O)C(=O)N[C@@H](CC(C)C)C(=O)N[C@@H](CCCN=C(N)N)C(=O)N1CCC[C@H]1C(=O)N[C@H](C)C(N)=O.O=C(O)[C@H](O)[C@@H](O)[C@H](O)[C@H](O)CO. The fourth-order valence-corrected chi connectivity index (χ4v) is 12.2. The number of pyridine rings is 1. The van der Waals surface area contributed by atoms with E-state index in [9.17, 15) is 72.5 Å². The van der Waals surface area contributed by atoms with E-state index in [-0.39, 0.29) is 101 Å². The van der Waals surface area contributed by atoms with E-state index in [2.05, 4.69) is 63.1 Å². The van der Waals surface area contributed by atoms with E-state index < -0.39 is 175 Å². The number of phenols is 1. The second kappa shape index (κ2) is 47.1. The Morgan fingerprint density at radius 1 is 0.557 bits per heavy atom. The first kappa shape index (κ1) is 93.9. The molecule has 5 aromatic rings. The first-order valence-corrected chi connectivity index (χ1v) is 37.3. The van der Waals surface area contributed by atoms with Gasteiger partial charge in [0.05, 0.1) is 13.2 Å². The number of carbonyl (C=O) groups excluding carboxylic acids is 12. The van der Waals surface area contributed by atoms with Crippen LogP contribution in [0.15, 0.2) is 121 Å². The molecule has 4 aromatic carbocycles. The van der Waals surface area contributed by atoms with Crippen LogP contribution in [0.5, 0.6) is 5.75 Å². The van der Waals surface area contributed by atoms with Crippen molar-refractivity contribution < 1.29 is 103 Å². The Kier molecular flexibility index (Phi) is 38.5. The third-order valence-electron chi connectivity index (χ3n) is 18.2. The molecule has 1 aliphatic heterocycles. The van der Waals surface area contributed by atoms with Crippen molar-refractivity contribution in [3.63, 3.8) is 0 Å². The zero-order valence-corrected chi connectivity index (χ0v) is 64.6. The molecule has 0 bridgehead atoms. The Labute approximate surface area is 667 Å². The fraction of sp³-hybridized carbons (Fsp3) is 0.461. The number of carbonyl (C=O) groups is 13. The van der Waals surface area contributed by atoms with Gasteiger partial charge in [-0.05, 0) is 121 Å². The lowest BCUT2D eigenvalue weighted by Gasteiger charge is -2.31. The molecule has 13 amide bonds. The van der Waals surface area contributed by atoms with Crippen LogP contribution in [0.3, 0.4) is 0 Å². The van der Waals surface area contributed by atoms with Crippen LogP contribution >= 0.6 is 11.6 Å². The van der Waals surface area contributed by atoms with Crippen molar-refractivity contribution in [3.8, 4) is 5.75 Å². The number of nitrogens with zero attached hydrogens (tertiary/aromatic N) is 3. The number of guanidine groups is 1. The molecule has 38 nitrogen and oxygen atoms in total. The van der Waals surface area contributed by atoms with Gasteiger partial charge >= 0.3 is 12.0 Å². The number of aliphatic hydroxyl groups is 6. The molecule has 626 valence electrons. The number of aromatic hydroxyl groups is 1. The summed E-state index contributed by atoms with van der Waals surface area (Å²) in [5.74, 6) is -11.6. The van der Waals surface area contributed by atoms with Crippen LogP contribution in [-0.4, -0.2) is 251 Å². The Morgan fingerprint density at radius 3 is 1.58 bits per heavy atom. The second-order valence-corrected chi connectivity index (χ2v) is 28.3. The monoisotopic (exact) mass is 1630 g/mol. The largest absolute Gasteiger partial charge is 0.508 e. The Morgan fingerprint density at radius 2 is 1.05 bits per heavy atom. The molecule has 0 saturated carbocycles. The number of phenolic OH excluding ortho intramolecular Hbond substituents is 1. The molecule has 1 saturated heterocycles. The van der Waals surface area contributed by atoms with E-state index >= 15 is 0 Å². The summed E-state index contributed by atoms with van der Waals surface area (Å²) in [6.45, 7) is 4.31. The first-order valence-electron chi connectivity index (χ1n) is 36.9. The molecule has 14 atom stereocenters. The van der Waals surface area contributed by atoms with E-state index in [1.165, 1.54) is 55.4 Å². The van der Waals surface area contributed by atoms with Gasteiger partial charge in [0, 0.05) is 69.7 Å². The summed E-state index contributed by atoms with van der Waals surface area (Å²) in [5.41, 5.74) is 23.9. The number of carboxylic acid groups (broad SMARTS) is 1. The first-order chi connectivity index (χ1) is 54.5. The van der Waals surface area contributed by atoms with Gasteiger partial charge in [-0.3, -0.25) is 62.7 Å². The number of aliphatic imine (C=N–C) groups is 1. The van der Waals surface area contributed by atoms with Crippen LogP contribution in [0.4, 0.5) is 4.79 Å². The molecule has 0 spiro atoms. The molecule has 0 aliphatic carbocycles. The van der Waals surface area contributed by atoms with Gasteiger partial charge in [0.25, 0.3) is 0 Å². The number of nitrogens with one attached hydrogen (secondary N) is 10. The van der Waals surface area contributed by atoms with Gasteiger partial charge in [-0.2, -0.15) is 0 Å². The van der Waals surface area contributed by atoms with Gasteiger partial charge in [0.2, 0.25) is 65.0 Å². The minimum atomic E-state index is -2.20. The smallest absolute Gasteiger partial charge is 0.335 e. The van der Waals surface area contributed by atoms with E-state index in [0.717, 1.165) is 10.8 Å². The number of fused-ring (bicyclic) bond motifs is 1. The van der Waals surface area contributed by atoms with Crippen molar-refractivity contribution in [1.82, 2.24) is 63.1 Å². The van der Waals surface area contributed by atoms with Crippen molar-refractivity contribution >= 4 is 105 Å². The van der Waals surface area contributed by atoms with Crippen molar-refractivity contribution in [1.29, 1.82) is 0 Å². The molecule has 0 radical (unpaired) electrons. The maximum Gasteiger partial charge on any atom is 0.335 e. The highest BCUT2D eigenvalue weighted by atomic mass is 35.5. The Balaban J connectivity index is 0.00000166. The van der Waals surface area contributed by atoms with Gasteiger partial charge < -0.3 is 122 Å². The molecule has 1 aromatic heterocycles. The summed E-state index contributed by atoms with van der Waals surface area (Å²) in [6, 6.07) is 13.5. The van der Waals surface area contributed by atoms with E-state index in [0.29, 0.717) is 33.7 Å². The summed E-state index contributed by atoms with van der Waals surface area (Å²) in [6.07, 6.45) is -5.14. The van der Waals surface area contributed by atoms with Gasteiger partial charge in [-0.25, -0.2) is 9.59 Å². The third-order valence-corrected chi connectivity index (χ3v) is 18.4. The molecule has 1 fully saturated rings. The van der Waals surface area contributed by atoms with E-state index in [1.54, 1.807) is 50.2 Å². The molecule has 115 heavy (non-hydrogen) atoms. The number of aliphatic hydroxyl groups excluding tert-OH is 6. The zero-order valence-electron chi connectivity index (χ0n) is 63.9. The number of hydrogen-bond donors (Lipinski definition) is 22. The molecule has 26 N–H and O–H groups in total. The summed E-state index contributed by atoms with van der Waals surface area (Å²) in [7, 11) is 0. The van der Waals surface area contributed by atoms with Crippen LogP contribution < -0.4 is 76.1 Å². The van der Waals surface area contributed by atoms with Crippen LogP contribution in [0.1, 0.15) is 94.9 Å². The maximum absolute atomic E-state index is 14.9. The lowest BCUT2D eigenvalue weighted by atomic mass is 9.99. The molecular formula is C76H104ClN17O21. The molecule has 2 heterocycles. The minimum Gasteiger partial charge on any atom is -0.508 e. The highest BCUT2D eigenvalue weighted by Crippen LogP contribution is 2.23. The van der Waals surface area contributed by atoms with Crippen LogP contribution in [0, 0.1) is 5.92 Å². The summed E-state index contributed by atoms with van der Waals surface area (Å²) < 4.78 is 0. The highest BCUT2D eigenvalue weighted by Gasteiger charge is 2.41. The van der Waals surface area contributed by atoms with Crippen molar-refractivity contribution in [2.24, 2.45) is 33.8 Å². The van der Waals surface area contributed by atoms with Gasteiger partial charge in [0.15, 0.2) is 12.1 Å². The standard InChI is InChI=1S/C70H92ClN17O14.C6H12O7/c1-39(2)31-52(61(94)82-51(15-9-28-77-69(73)74)68(101)88-30-10-16-58(88)67(100)79-40(3)59(72)92)83-60(93)50(14-8-29-78-70(75)102)81-63(96)54(34-43-20-25-49(91)26-21-43)86-66(99)57(38-89)87-65(98)56(36-45-11-7-27-76-37-45)85-64(97)55(33-42-18-23-48(71)24-19-42)84-62(95)53(80-41(4)90)35-44-17-22-46-12-5-6-13-47(46)32-44;7-1-2(8)3(9)4(10)5(11)6(12)13/h5-7,11-13,17-27,32,37,39-40,50-58,89,91H,8-10,14-16,28-31,33-36,38H2,1-4H3,(H2,72,92)(H,79,100)(H,80,90)(H,81,96)(H,82,94)(H,83,93)(H,84,95)(H,85,97)(H,86,99)(H,87,98)(H4,73,74,77)(H3,75,78,102);2-5,7-11H,1H2,(H,12,13)/t40-,50-,51+,52+,53-,54+,55-,56-,57+,58+;2-,3-,4+,5-/m11/s1. The number of aromatic nitrogens is 1. The number of likely N-dealkylation sites (tertiary alicyclic amines) is 1. The number of aliphatic carboxylic acids is 1. The van der Waals surface area contributed by atoms with Crippen LogP contribution in [0.25, 0.3) is 10.8 Å². The van der Waals surface area contributed by atoms with Gasteiger partial charge in [0.1, 0.15) is 84.5 Å². The number of primary amides is 2. The highest BCUT2D eigenvalue weighted by molar-refractivity contribution is 6.30. The third kappa shape index (κ3) is 31.7. The Hall–Kier alpha value is -11.7. The number of benzene rings is 4. The summed E-state index contributed by atoms with van der Waals surface area (Å²) in [4.78, 5) is 186. The predicted molar refractivity (Wildman–Crippen MR) is 417 cm³/mol. The molecular weight excluding hydrogens is 1520 g/mol. The molecule has 1 aliphatic rings. The molecule has 6 rings (SSSR count). The Bertz CT molecular complexity index is 4150. The van der Waals surface area contributed by atoms with Crippen molar-refractivity contribution in [2.45, 2.75) is 183 Å². The molecule has 0 unspecified atom stereocenters. The van der Waals surface area contributed by atoms with Crippen LogP contribution in [-0.2, 0) is 83.2 Å². The molecule has 39 heteroatoms. The summed E-state index contributed by atoms with van der Waals surface area (Å²) in [5, 5.41) is 101. The average molecular weight is 1630 g/mol. The average Bonchev–Trinajstić information content (AvgIpc) is 1.33. The van der Waals surface area contributed by atoms with Crippen molar-refractivity contribution in [2.75, 3.05) is 32.8 Å². The maximum atomic E-state index is 14.9. The van der Waals surface area contributed by atoms with Gasteiger partial charge in [-0.1, -0.05) is 98.2 Å². The normalized spacial score (nSPS) is 15.8. The number of nitrogens with two attached hydrogens (primary N) is 4. The minimum absolute atomic E-state index is 0.000209. The lowest BCUT2D eigenvalue weighted by Crippen LogP contribution is -2.61. The van der Waals surface area contributed by atoms with E-state index in [4.69, 9.17) is 65.2 Å². The number of urea groups is 1. The predicted octanol–water partition coefficient (Wildman–Crippen LogP) is -4.21. The van der Waals surface area contributed by atoms with E-state index in [1.807, 2.05) is 42.5 Å². The van der Waals surface area contributed by atoms with Crippen molar-refractivity contribution in [3.05, 3.63) is 143 Å². The number of carboxylic acids is 1. The zero-order chi connectivity index (χ0) is 85.2. The topological polar surface area (TPSA) is 637 Å². The number of halogens is 1. The fourth-order valence-electron chi connectivity index (χ4n) is 12.1. The van der Waals surface area contributed by atoms with Crippen LogP contribution in [0.2, 0.25) is 5.02 Å².